The quantitative estimate of drug-likeness (QED) is 0.332. The third-order valence-electron chi connectivity index (χ3n) is 1.38. The molecule has 0 aliphatic rings. The topological polar surface area (TPSA) is 47.6 Å². The van der Waals surface area contributed by atoms with Gasteiger partial charge >= 0.3 is 0 Å². The van der Waals surface area contributed by atoms with Gasteiger partial charge in [-0.3, -0.25) is 0 Å². The highest BCUT2D eigenvalue weighted by molar-refractivity contribution is 5.97. The van der Waals surface area contributed by atoms with E-state index in [4.69, 9.17) is 5.73 Å². The van der Waals surface area contributed by atoms with Crippen LogP contribution in [0.15, 0.2) is 42.3 Å². The van der Waals surface area contributed by atoms with Gasteiger partial charge in [-0.1, -0.05) is 23.9 Å². The summed E-state index contributed by atoms with van der Waals surface area (Å²) < 4.78 is 13.0. The summed E-state index contributed by atoms with van der Waals surface area (Å²) in [6, 6.07) is 6.04. The molecule has 2 N–H and O–H groups in total. The van der Waals surface area contributed by atoms with Crippen molar-refractivity contribution in [3.63, 3.8) is 0 Å². The van der Waals surface area contributed by atoms with Gasteiger partial charge < -0.3 is 10.6 Å². The summed E-state index contributed by atoms with van der Waals surface area (Å²) in [5.74, 6) is -0.450. The van der Waals surface area contributed by atoms with Crippen LogP contribution in [0.3, 0.4) is 0 Å². The maximum absolute atomic E-state index is 13.0. The highest BCUT2D eigenvalue weighted by atomic mass is 19.1. The molecule has 0 saturated heterocycles. The third kappa shape index (κ3) is 2.30. The molecule has 1 rings (SSSR count). The molecule has 4 heteroatoms. The molecule has 0 bridgehead atoms. The fourth-order valence-corrected chi connectivity index (χ4v) is 0.812. The van der Waals surface area contributed by atoms with E-state index in [0.29, 0.717) is 0 Å². The smallest absolute Gasteiger partial charge is 0.173 e. The normalized spacial score (nSPS) is 11.0. The lowest BCUT2D eigenvalue weighted by atomic mass is 10.2. The van der Waals surface area contributed by atoms with Crippen LogP contribution in [0.1, 0.15) is 5.56 Å². The fraction of sp³-hybridized carbons (Fsp3) is 0. The maximum Gasteiger partial charge on any atom is 0.173 e. The Bertz CT molecular complexity index is 336. The van der Waals surface area contributed by atoms with Crippen molar-refractivity contribution in [2.24, 2.45) is 10.9 Å². The fourth-order valence-electron chi connectivity index (χ4n) is 0.812. The van der Waals surface area contributed by atoms with Crippen molar-refractivity contribution >= 4 is 5.84 Å². The molecule has 1 aromatic rings. The predicted molar refractivity (Wildman–Crippen MR) is 48.4 cm³/mol. The van der Waals surface area contributed by atoms with Gasteiger partial charge in [-0.2, -0.15) is 0 Å². The molecule has 0 unspecified atom stereocenters. The Labute approximate surface area is 75.3 Å². The van der Waals surface area contributed by atoms with E-state index in [9.17, 15) is 4.39 Å². The summed E-state index contributed by atoms with van der Waals surface area (Å²) in [5, 5.41) is 3.41. The second-order valence-electron chi connectivity index (χ2n) is 2.23. The summed E-state index contributed by atoms with van der Waals surface area (Å²) in [6.45, 7) is 3.27. The molecule has 0 heterocycles. The molecule has 0 fully saturated rings. The first-order valence-corrected chi connectivity index (χ1v) is 3.61. The highest BCUT2D eigenvalue weighted by Gasteiger charge is 2.04. The highest BCUT2D eigenvalue weighted by Crippen LogP contribution is 2.05. The zero-order valence-electron chi connectivity index (χ0n) is 6.90. The van der Waals surface area contributed by atoms with Crippen LogP contribution in [0.25, 0.3) is 0 Å². The monoisotopic (exact) mass is 180 g/mol. The number of amidine groups is 1. The Kier molecular flexibility index (Phi) is 3.03. The van der Waals surface area contributed by atoms with E-state index in [2.05, 4.69) is 16.6 Å². The van der Waals surface area contributed by atoms with Crippen molar-refractivity contribution in [2.75, 3.05) is 0 Å². The van der Waals surface area contributed by atoms with Crippen LogP contribution in [0, 0.1) is 5.82 Å². The number of rotatable bonds is 3. The molecule has 0 saturated carbocycles. The van der Waals surface area contributed by atoms with Gasteiger partial charge in [0.1, 0.15) is 12.1 Å². The van der Waals surface area contributed by atoms with Crippen LogP contribution < -0.4 is 5.73 Å². The Morgan fingerprint density at radius 2 is 2.23 bits per heavy atom. The number of oxime groups is 1. The Hall–Kier alpha value is -1.84. The lowest BCUT2D eigenvalue weighted by Gasteiger charge is -1.99. The summed E-state index contributed by atoms with van der Waals surface area (Å²) in [4.78, 5) is 4.46. The molecular weight excluding hydrogens is 171 g/mol. The summed E-state index contributed by atoms with van der Waals surface area (Å²) in [6.07, 6.45) is 1.10. The zero-order chi connectivity index (χ0) is 9.68. The first-order chi connectivity index (χ1) is 6.25. The SMILES string of the molecule is C=CO/N=C(\N)c1ccccc1F. The average Bonchev–Trinajstić information content (AvgIpc) is 2.15. The number of nitrogens with zero attached hydrogens (tertiary/aromatic N) is 1. The minimum atomic E-state index is -0.434. The number of hydrogen-bond acceptors (Lipinski definition) is 2. The van der Waals surface area contributed by atoms with Crippen LogP contribution in [0.4, 0.5) is 4.39 Å². The van der Waals surface area contributed by atoms with Crippen molar-refractivity contribution in [2.45, 2.75) is 0 Å². The molecule has 0 spiro atoms. The van der Waals surface area contributed by atoms with E-state index < -0.39 is 5.82 Å². The summed E-state index contributed by atoms with van der Waals surface area (Å²) in [7, 11) is 0. The van der Waals surface area contributed by atoms with Crippen LogP contribution in [-0.2, 0) is 4.84 Å². The second kappa shape index (κ2) is 4.25. The lowest BCUT2D eigenvalue weighted by Crippen LogP contribution is -2.15. The van der Waals surface area contributed by atoms with Gasteiger partial charge in [0.15, 0.2) is 5.84 Å². The van der Waals surface area contributed by atoms with E-state index >= 15 is 0 Å². The van der Waals surface area contributed by atoms with Crippen LogP contribution in [0.5, 0.6) is 0 Å². The molecular formula is C9H9FN2O. The first kappa shape index (κ1) is 9.25. The molecule has 0 atom stereocenters. The largest absolute Gasteiger partial charge is 0.380 e. The minimum absolute atomic E-state index is 0.0157. The van der Waals surface area contributed by atoms with Gasteiger partial charge in [0.2, 0.25) is 0 Å². The average molecular weight is 180 g/mol. The van der Waals surface area contributed by atoms with Crippen molar-refractivity contribution in [3.05, 3.63) is 48.5 Å². The van der Waals surface area contributed by atoms with Gasteiger partial charge in [-0.05, 0) is 12.1 Å². The number of nitrogens with two attached hydrogens (primary N) is 1. The Morgan fingerprint density at radius 3 is 2.85 bits per heavy atom. The Balaban J connectivity index is 2.94. The number of halogens is 1. The molecule has 3 nitrogen and oxygen atoms in total. The van der Waals surface area contributed by atoms with Crippen molar-refractivity contribution in [3.8, 4) is 0 Å². The van der Waals surface area contributed by atoms with E-state index in [1.165, 1.54) is 12.1 Å². The van der Waals surface area contributed by atoms with Gasteiger partial charge in [-0.25, -0.2) is 4.39 Å². The van der Waals surface area contributed by atoms with Gasteiger partial charge in [0.25, 0.3) is 0 Å². The van der Waals surface area contributed by atoms with Gasteiger partial charge in [-0.15, -0.1) is 0 Å². The minimum Gasteiger partial charge on any atom is -0.380 e. The van der Waals surface area contributed by atoms with Gasteiger partial charge in [0, 0.05) is 0 Å². The lowest BCUT2D eigenvalue weighted by molar-refractivity contribution is 0.269. The van der Waals surface area contributed by atoms with E-state index in [-0.39, 0.29) is 11.4 Å². The molecule has 0 aliphatic carbocycles. The van der Waals surface area contributed by atoms with E-state index in [0.717, 1.165) is 6.26 Å². The van der Waals surface area contributed by atoms with Crippen LogP contribution in [-0.4, -0.2) is 5.84 Å². The Morgan fingerprint density at radius 1 is 1.54 bits per heavy atom. The summed E-state index contributed by atoms with van der Waals surface area (Å²) in [5.41, 5.74) is 5.63. The van der Waals surface area contributed by atoms with E-state index in [1.54, 1.807) is 12.1 Å². The molecule has 1 aromatic carbocycles. The first-order valence-electron chi connectivity index (χ1n) is 3.61. The maximum atomic E-state index is 13.0. The molecule has 0 aromatic heterocycles. The molecule has 68 valence electrons. The molecule has 0 amide bonds. The third-order valence-corrected chi connectivity index (χ3v) is 1.38. The predicted octanol–water partition coefficient (Wildman–Crippen LogP) is 1.61. The second-order valence-corrected chi connectivity index (χ2v) is 2.23. The van der Waals surface area contributed by atoms with Crippen molar-refractivity contribution in [1.29, 1.82) is 0 Å². The molecule has 13 heavy (non-hydrogen) atoms. The zero-order valence-corrected chi connectivity index (χ0v) is 6.90. The van der Waals surface area contributed by atoms with Crippen molar-refractivity contribution < 1.29 is 9.23 Å². The van der Waals surface area contributed by atoms with E-state index in [1.807, 2.05) is 0 Å². The van der Waals surface area contributed by atoms with Crippen LogP contribution in [0.2, 0.25) is 0 Å². The number of hydrogen-bond donors (Lipinski definition) is 1. The summed E-state index contributed by atoms with van der Waals surface area (Å²) >= 11 is 0. The number of benzene rings is 1. The van der Waals surface area contributed by atoms with Gasteiger partial charge in [0.05, 0.1) is 5.56 Å². The van der Waals surface area contributed by atoms with Crippen molar-refractivity contribution in [1.82, 2.24) is 0 Å². The standard InChI is InChI=1S/C9H9FN2O/c1-2-13-12-9(11)7-5-3-4-6-8(7)10/h2-6H,1H2,(H2,11,12). The molecule has 0 radical (unpaired) electrons. The molecule has 0 aliphatic heterocycles. The van der Waals surface area contributed by atoms with Crippen LogP contribution >= 0.6 is 0 Å².